The lowest BCUT2D eigenvalue weighted by atomic mass is 9.79. The zero-order valence-corrected chi connectivity index (χ0v) is 15.5. The maximum Gasteiger partial charge on any atom is 0.137 e. The van der Waals surface area contributed by atoms with Crippen molar-refractivity contribution in [3.05, 3.63) is 84.1 Å². The van der Waals surface area contributed by atoms with E-state index in [1.54, 1.807) is 31.2 Å². The minimum atomic E-state index is -1.77. The Kier molecular flexibility index (Phi) is 4.71. The number of hydrogen-bond acceptors (Lipinski definition) is 5. The molecular formula is C21H18F2N4O2. The predicted octanol–water partition coefficient (Wildman–Crippen LogP) is 3.50. The second kappa shape index (κ2) is 7.21. The molecule has 8 heteroatoms. The Balaban J connectivity index is 1.82. The van der Waals surface area contributed by atoms with Gasteiger partial charge in [0, 0.05) is 28.6 Å². The van der Waals surface area contributed by atoms with Crippen LogP contribution >= 0.6 is 0 Å². The summed E-state index contributed by atoms with van der Waals surface area (Å²) in [6.45, 7) is 1.61. The highest BCUT2D eigenvalue weighted by atomic mass is 19.1. The number of halogens is 2. The average molecular weight is 396 g/mol. The van der Waals surface area contributed by atoms with Crippen molar-refractivity contribution in [1.29, 1.82) is 0 Å². The third-order valence-electron chi connectivity index (χ3n) is 5.12. The van der Waals surface area contributed by atoms with Crippen molar-refractivity contribution >= 4 is 10.9 Å². The summed E-state index contributed by atoms with van der Waals surface area (Å²) in [4.78, 5) is 8.44. The maximum atomic E-state index is 14.7. The van der Waals surface area contributed by atoms with Gasteiger partial charge in [0.25, 0.3) is 0 Å². The molecule has 2 heterocycles. The van der Waals surface area contributed by atoms with E-state index in [2.05, 4.69) is 15.1 Å². The molecule has 0 aliphatic heterocycles. The highest BCUT2D eigenvalue weighted by Crippen LogP contribution is 2.39. The van der Waals surface area contributed by atoms with Gasteiger partial charge < -0.3 is 10.2 Å². The monoisotopic (exact) mass is 396 g/mol. The SMILES string of the molecule is CC(c1ccc2cc(O)ccc2n1)C(O)(Cn1cncn1)c1ccc(F)cc1F. The van der Waals surface area contributed by atoms with E-state index >= 15 is 0 Å². The highest BCUT2D eigenvalue weighted by molar-refractivity contribution is 5.80. The number of phenols is 1. The second-order valence-corrected chi connectivity index (χ2v) is 6.98. The molecular weight excluding hydrogens is 378 g/mol. The quantitative estimate of drug-likeness (QED) is 0.539. The van der Waals surface area contributed by atoms with E-state index < -0.39 is 23.2 Å². The zero-order valence-electron chi connectivity index (χ0n) is 15.5. The number of aromatic nitrogens is 4. The molecule has 4 rings (SSSR count). The van der Waals surface area contributed by atoms with Crippen molar-refractivity contribution in [2.75, 3.05) is 0 Å². The van der Waals surface area contributed by atoms with Gasteiger partial charge in [-0.25, -0.2) is 18.4 Å². The molecule has 0 saturated carbocycles. The van der Waals surface area contributed by atoms with Crippen LogP contribution in [0.15, 0.2) is 61.2 Å². The summed E-state index contributed by atoms with van der Waals surface area (Å²) in [6, 6.07) is 11.3. The first-order valence-corrected chi connectivity index (χ1v) is 8.97. The summed E-state index contributed by atoms with van der Waals surface area (Å²) >= 11 is 0. The van der Waals surface area contributed by atoms with Crippen molar-refractivity contribution in [1.82, 2.24) is 19.7 Å². The predicted molar refractivity (Wildman–Crippen MR) is 102 cm³/mol. The van der Waals surface area contributed by atoms with Gasteiger partial charge in [0.1, 0.15) is 35.6 Å². The third kappa shape index (κ3) is 3.54. The van der Waals surface area contributed by atoms with Gasteiger partial charge in [0.05, 0.1) is 12.1 Å². The van der Waals surface area contributed by atoms with Crippen LogP contribution in [0.1, 0.15) is 24.1 Å². The van der Waals surface area contributed by atoms with Crippen LogP contribution in [-0.2, 0) is 12.1 Å². The second-order valence-electron chi connectivity index (χ2n) is 6.98. The fraction of sp³-hybridized carbons (Fsp3) is 0.190. The topological polar surface area (TPSA) is 84.1 Å². The van der Waals surface area contributed by atoms with E-state index in [0.717, 1.165) is 17.5 Å². The summed E-state index contributed by atoms with van der Waals surface area (Å²) in [6.07, 6.45) is 2.72. The number of aliphatic hydroxyl groups is 1. The van der Waals surface area contributed by atoms with E-state index in [1.165, 1.54) is 29.5 Å². The van der Waals surface area contributed by atoms with Crippen LogP contribution in [0.3, 0.4) is 0 Å². The van der Waals surface area contributed by atoms with Gasteiger partial charge in [-0.3, -0.25) is 4.98 Å². The van der Waals surface area contributed by atoms with Crippen LogP contribution in [0.4, 0.5) is 8.78 Å². The minimum Gasteiger partial charge on any atom is -0.508 e. The number of rotatable bonds is 5. The van der Waals surface area contributed by atoms with E-state index in [-0.39, 0.29) is 17.9 Å². The van der Waals surface area contributed by atoms with E-state index in [1.807, 2.05) is 0 Å². The summed E-state index contributed by atoms with van der Waals surface area (Å²) in [5.74, 6) is -2.14. The minimum absolute atomic E-state index is 0.0606. The molecule has 0 saturated heterocycles. The molecule has 0 aliphatic rings. The van der Waals surface area contributed by atoms with Crippen LogP contribution in [-0.4, -0.2) is 30.0 Å². The Bertz CT molecular complexity index is 1170. The molecule has 2 unspecified atom stereocenters. The molecule has 0 amide bonds. The van der Waals surface area contributed by atoms with Gasteiger partial charge >= 0.3 is 0 Å². The zero-order chi connectivity index (χ0) is 20.6. The smallest absolute Gasteiger partial charge is 0.137 e. The van der Waals surface area contributed by atoms with Gasteiger partial charge in [-0.1, -0.05) is 19.1 Å². The Morgan fingerprint density at radius 1 is 1.10 bits per heavy atom. The standard InChI is InChI=1S/C21H18F2N4O2/c1-13(19-6-2-14-8-16(28)4-7-20(14)26-19)21(29,10-27-12-24-11-25-27)17-5-3-15(22)9-18(17)23/h2-9,11-13,28-29H,10H2,1H3. The Morgan fingerprint density at radius 3 is 2.66 bits per heavy atom. The molecule has 2 aromatic carbocycles. The van der Waals surface area contributed by atoms with Crippen molar-refractivity contribution in [3.63, 3.8) is 0 Å². The maximum absolute atomic E-state index is 14.7. The normalized spacial score (nSPS) is 14.6. The number of pyridine rings is 1. The van der Waals surface area contributed by atoms with Crippen molar-refractivity contribution in [3.8, 4) is 5.75 Å². The molecule has 0 bridgehead atoms. The summed E-state index contributed by atoms with van der Waals surface area (Å²) in [5.41, 5.74) is -0.706. The number of fused-ring (bicyclic) bond motifs is 1. The Morgan fingerprint density at radius 2 is 1.93 bits per heavy atom. The van der Waals surface area contributed by atoms with Crippen molar-refractivity contribution in [2.24, 2.45) is 0 Å². The number of aromatic hydroxyl groups is 1. The van der Waals surface area contributed by atoms with Gasteiger partial charge in [0.2, 0.25) is 0 Å². The van der Waals surface area contributed by atoms with Gasteiger partial charge in [-0.05, 0) is 30.3 Å². The molecule has 4 aromatic rings. The molecule has 2 aromatic heterocycles. The van der Waals surface area contributed by atoms with Gasteiger partial charge in [-0.15, -0.1) is 0 Å². The van der Waals surface area contributed by atoms with Crippen LogP contribution in [0.5, 0.6) is 5.75 Å². The molecule has 2 atom stereocenters. The lowest BCUT2D eigenvalue weighted by Gasteiger charge is -2.34. The molecule has 148 valence electrons. The number of phenolic OH excluding ortho intramolecular Hbond substituents is 1. The Labute approximate surface area is 165 Å². The first-order chi connectivity index (χ1) is 13.9. The van der Waals surface area contributed by atoms with Gasteiger partial charge in [0.15, 0.2) is 0 Å². The molecule has 0 aliphatic carbocycles. The number of hydrogen-bond donors (Lipinski definition) is 2. The van der Waals surface area contributed by atoms with Crippen LogP contribution in [0.2, 0.25) is 0 Å². The molecule has 0 spiro atoms. The molecule has 0 radical (unpaired) electrons. The highest BCUT2D eigenvalue weighted by Gasteiger charge is 2.40. The first-order valence-electron chi connectivity index (χ1n) is 8.97. The lowest BCUT2D eigenvalue weighted by molar-refractivity contribution is -0.0122. The fourth-order valence-electron chi connectivity index (χ4n) is 3.47. The summed E-state index contributed by atoms with van der Waals surface area (Å²) < 4.78 is 29.5. The van der Waals surface area contributed by atoms with E-state index in [0.29, 0.717) is 11.2 Å². The van der Waals surface area contributed by atoms with Crippen LogP contribution < -0.4 is 0 Å². The molecule has 6 nitrogen and oxygen atoms in total. The average Bonchev–Trinajstić information content (AvgIpc) is 3.19. The largest absolute Gasteiger partial charge is 0.508 e. The van der Waals surface area contributed by atoms with E-state index in [4.69, 9.17) is 0 Å². The fourth-order valence-corrected chi connectivity index (χ4v) is 3.47. The third-order valence-corrected chi connectivity index (χ3v) is 5.12. The lowest BCUT2D eigenvalue weighted by Crippen LogP contribution is -2.38. The molecule has 29 heavy (non-hydrogen) atoms. The van der Waals surface area contributed by atoms with Gasteiger partial charge in [-0.2, -0.15) is 5.10 Å². The van der Waals surface area contributed by atoms with Crippen LogP contribution in [0, 0.1) is 11.6 Å². The van der Waals surface area contributed by atoms with E-state index in [9.17, 15) is 19.0 Å². The molecule has 0 fully saturated rings. The number of nitrogens with zero attached hydrogens (tertiary/aromatic N) is 4. The van der Waals surface area contributed by atoms with Crippen LogP contribution in [0.25, 0.3) is 10.9 Å². The first kappa shape index (κ1) is 18.9. The Hall–Kier alpha value is -3.39. The van der Waals surface area contributed by atoms with Crippen molar-refractivity contribution < 1.29 is 19.0 Å². The number of benzene rings is 2. The summed E-state index contributed by atoms with van der Waals surface area (Å²) in [7, 11) is 0. The molecule has 2 N–H and O–H groups in total. The summed E-state index contributed by atoms with van der Waals surface area (Å²) in [5, 5.41) is 26.0. The van der Waals surface area contributed by atoms with Crippen molar-refractivity contribution in [2.45, 2.75) is 25.0 Å².